The monoisotopic (exact) mass is 273 g/mol. The van der Waals surface area contributed by atoms with E-state index >= 15 is 0 Å². The number of rotatable bonds is 4. The molecule has 0 amide bonds. The average molecular weight is 273 g/mol. The molecule has 1 saturated heterocycles. The molecule has 8 heteroatoms. The van der Waals surface area contributed by atoms with Crippen molar-refractivity contribution in [2.24, 2.45) is 0 Å². The maximum Gasteiger partial charge on any atom is 0.295 e. The molecule has 18 heavy (non-hydrogen) atoms. The summed E-state index contributed by atoms with van der Waals surface area (Å²) in [7, 11) is -4.49. The first kappa shape index (κ1) is 12.9. The van der Waals surface area contributed by atoms with Crippen molar-refractivity contribution in [3.63, 3.8) is 0 Å². The van der Waals surface area contributed by atoms with Gasteiger partial charge in [0.15, 0.2) is 0 Å². The molecule has 1 N–H and O–H groups in total. The minimum absolute atomic E-state index is 0.0231. The molecule has 1 aromatic rings. The Hall–Kier alpha value is -1.51. The van der Waals surface area contributed by atoms with Gasteiger partial charge >= 0.3 is 0 Å². The van der Waals surface area contributed by atoms with Crippen LogP contribution in [-0.2, 0) is 21.3 Å². The molecule has 1 heterocycles. The zero-order valence-corrected chi connectivity index (χ0v) is 10.3. The van der Waals surface area contributed by atoms with Gasteiger partial charge < -0.3 is 4.74 Å². The van der Waals surface area contributed by atoms with Crippen LogP contribution in [0.25, 0.3) is 0 Å². The Labute approximate surface area is 103 Å². The summed E-state index contributed by atoms with van der Waals surface area (Å²) in [5.74, 6) is 0. The molecule has 98 valence electrons. The number of benzene rings is 1. The van der Waals surface area contributed by atoms with Crippen molar-refractivity contribution in [3.05, 3.63) is 33.9 Å². The second-order valence-corrected chi connectivity index (χ2v) is 5.79. The lowest BCUT2D eigenvalue weighted by molar-refractivity contribution is -0.385. The fourth-order valence-corrected chi connectivity index (χ4v) is 2.48. The van der Waals surface area contributed by atoms with Crippen molar-refractivity contribution in [1.29, 1.82) is 0 Å². The summed E-state index contributed by atoms with van der Waals surface area (Å²) in [6.07, 6.45) is 0.0687. The summed E-state index contributed by atoms with van der Waals surface area (Å²) < 4.78 is 36.7. The van der Waals surface area contributed by atoms with Crippen molar-refractivity contribution < 1.29 is 22.6 Å². The van der Waals surface area contributed by atoms with Gasteiger partial charge in [-0.1, -0.05) is 6.07 Å². The van der Waals surface area contributed by atoms with Crippen LogP contribution >= 0.6 is 0 Å². The molecule has 7 nitrogen and oxygen atoms in total. The fraction of sp³-hybridized carbons (Fsp3) is 0.400. The van der Waals surface area contributed by atoms with E-state index in [-0.39, 0.29) is 17.7 Å². The van der Waals surface area contributed by atoms with Gasteiger partial charge in [-0.15, -0.1) is 0 Å². The van der Waals surface area contributed by atoms with Crippen LogP contribution in [0.2, 0.25) is 0 Å². The van der Waals surface area contributed by atoms with Crippen LogP contribution in [0, 0.1) is 10.1 Å². The molecule has 0 aliphatic carbocycles. The lowest BCUT2D eigenvalue weighted by atomic mass is 10.0. The zero-order valence-electron chi connectivity index (χ0n) is 9.49. The van der Waals surface area contributed by atoms with E-state index < -0.39 is 25.5 Å². The number of ether oxygens (including phenoxy) is 1. The second kappa shape index (κ2) is 4.01. The SMILES string of the molecule is C[C@@]1(Cc2c([N+](=O)[O-])cccc2S(=O)(=O)O)CO1. The molecule has 0 spiro atoms. The molecule has 0 aromatic heterocycles. The zero-order chi connectivity index (χ0) is 13.6. The molecule has 1 aliphatic rings. The van der Waals surface area contributed by atoms with Crippen LogP contribution in [0.4, 0.5) is 5.69 Å². The smallest absolute Gasteiger partial charge is 0.295 e. The van der Waals surface area contributed by atoms with E-state index in [1.54, 1.807) is 6.92 Å². The number of nitro groups is 1. The summed E-state index contributed by atoms with van der Waals surface area (Å²) in [6.45, 7) is 2.13. The first-order valence-electron chi connectivity index (χ1n) is 5.11. The Morgan fingerprint density at radius 1 is 1.56 bits per heavy atom. The van der Waals surface area contributed by atoms with E-state index in [0.717, 1.165) is 6.07 Å². The Morgan fingerprint density at radius 3 is 2.61 bits per heavy atom. The highest BCUT2D eigenvalue weighted by Crippen LogP contribution is 2.36. The summed E-state index contributed by atoms with van der Waals surface area (Å²) in [4.78, 5) is 9.79. The van der Waals surface area contributed by atoms with E-state index in [4.69, 9.17) is 9.29 Å². The highest BCUT2D eigenvalue weighted by Gasteiger charge is 2.42. The molecule has 0 radical (unpaired) electrons. The summed E-state index contributed by atoms with van der Waals surface area (Å²) in [5.41, 5.74) is -0.946. The number of nitrogens with zero attached hydrogens (tertiary/aromatic N) is 1. The average Bonchev–Trinajstić information content (AvgIpc) is 2.94. The Bertz CT molecular complexity index is 605. The van der Waals surface area contributed by atoms with Gasteiger partial charge in [-0.25, -0.2) is 0 Å². The predicted molar refractivity (Wildman–Crippen MR) is 61.0 cm³/mol. The molecule has 1 aliphatic heterocycles. The Balaban J connectivity index is 2.59. The van der Waals surface area contributed by atoms with E-state index in [1.807, 2.05) is 0 Å². The van der Waals surface area contributed by atoms with Gasteiger partial charge in [0, 0.05) is 12.5 Å². The van der Waals surface area contributed by atoms with Crippen LogP contribution in [0.15, 0.2) is 23.1 Å². The number of epoxide rings is 1. The quantitative estimate of drug-likeness (QED) is 0.381. The van der Waals surface area contributed by atoms with Crippen LogP contribution < -0.4 is 0 Å². The third kappa shape index (κ3) is 2.50. The normalized spacial score (nSPS) is 22.8. The predicted octanol–water partition coefficient (Wildman–Crippen LogP) is 1.17. The van der Waals surface area contributed by atoms with E-state index in [0.29, 0.717) is 6.61 Å². The summed E-state index contributed by atoms with van der Waals surface area (Å²) >= 11 is 0. The molecule has 1 fully saturated rings. The highest BCUT2D eigenvalue weighted by molar-refractivity contribution is 7.85. The minimum atomic E-state index is -4.49. The van der Waals surface area contributed by atoms with Gasteiger partial charge in [0.25, 0.3) is 15.8 Å². The second-order valence-electron chi connectivity index (χ2n) is 4.40. The Morgan fingerprint density at radius 2 is 2.17 bits per heavy atom. The Kier molecular flexibility index (Phi) is 2.88. The van der Waals surface area contributed by atoms with Crippen LogP contribution in [0.3, 0.4) is 0 Å². The summed E-state index contributed by atoms with van der Waals surface area (Å²) in [5, 5.41) is 10.9. The molecule has 0 saturated carbocycles. The van der Waals surface area contributed by atoms with Gasteiger partial charge in [0.1, 0.15) is 4.90 Å². The standard InChI is InChI=1S/C10H11NO6S/c1-10(6-17-10)5-7-8(11(12)13)3-2-4-9(7)18(14,15)16/h2-4H,5-6H2,1H3,(H,14,15,16)/t10-/m1/s1. The first-order valence-corrected chi connectivity index (χ1v) is 6.55. The van der Waals surface area contributed by atoms with Crippen molar-refractivity contribution in [3.8, 4) is 0 Å². The maximum absolute atomic E-state index is 11.2. The van der Waals surface area contributed by atoms with E-state index in [9.17, 15) is 18.5 Å². The van der Waals surface area contributed by atoms with Gasteiger partial charge in [-0.3, -0.25) is 14.7 Å². The van der Waals surface area contributed by atoms with Crippen molar-refractivity contribution in [2.45, 2.75) is 23.8 Å². The third-order valence-corrected chi connectivity index (χ3v) is 3.71. The van der Waals surface area contributed by atoms with E-state index in [2.05, 4.69) is 0 Å². The summed E-state index contributed by atoms with van der Waals surface area (Å²) in [6, 6.07) is 3.57. The molecular weight excluding hydrogens is 262 g/mol. The van der Waals surface area contributed by atoms with Gasteiger partial charge in [0.2, 0.25) is 0 Å². The van der Waals surface area contributed by atoms with Crippen molar-refractivity contribution in [2.75, 3.05) is 6.61 Å². The molecule has 2 rings (SSSR count). The number of hydrogen-bond acceptors (Lipinski definition) is 5. The molecule has 0 bridgehead atoms. The molecule has 1 aromatic carbocycles. The van der Waals surface area contributed by atoms with Crippen LogP contribution in [-0.4, -0.2) is 30.1 Å². The van der Waals surface area contributed by atoms with Crippen LogP contribution in [0.1, 0.15) is 12.5 Å². The van der Waals surface area contributed by atoms with E-state index in [1.165, 1.54) is 12.1 Å². The molecular formula is C10H11NO6S. The van der Waals surface area contributed by atoms with Gasteiger partial charge in [0.05, 0.1) is 22.7 Å². The lowest BCUT2D eigenvalue weighted by Gasteiger charge is -2.09. The fourth-order valence-electron chi connectivity index (χ4n) is 1.74. The topological polar surface area (TPSA) is 110 Å². The number of nitro benzene ring substituents is 1. The first-order chi connectivity index (χ1) is 8.23. The van der Waals surface area contributed by atoms with Crippen LogP contribution in [0.5, 0.6) is 0 Å². The lowest BCUT2D eigenvalue weighted by Crippen LogP contribution is -2.14. The number of hydrogen-bond donors (Lipinski definition) is 1. The van der Waals surface area contributed by atoms with Gasteiger partial charge in [-0.2, -0.15) is 8.42 Å². The highest BCUT2D eigenvalue weighted by atomic mass is 32.2. The third-order valence-electron chi connectivity index (χ3n) is 2.77. The maximum atomic E-state index is 11.2. The van der Waals surface area contributed by atoms with Crippen molar-refractivity contribution >= 4 is 15.8 Å². The largest absolute Gasteiger partial charge is 0.370 e. The minimum Gasteiger partial charge on any atom is -0.370 e. The van der Waals surface area contributed by atoms with Crippen molar-refractivity contribution in [1.82, 2.24) is 0 Å². The van der Waals surface area contributed by atoms with Gasteiger partial charge in [-0.05, 0) is 13.0 Å². The molecule has 1 atom stereocenters. The molecule has 0 unspecified atom stereocenters.